The maximum Gasteiger partial charge on any atom is 0.422 e. The van der Waals surface area contributed by atoms with Crippen LogP contribution in [0.15, 0.2) is 42.5 Å². The molecule has 0 saturated heterocycles. The van der Waals surface area contributed by atoms with Crippen LogP contribution in [-0.4, -0.2) is 12.0 Å². The van der Waals surface area contributed by atoms with Crippen molar-refractivity contribution in [3.05, 3.63) is 70.8 Å². The van der Waals surface area contributed by atoms with Crippen molar-refractivity contribution in [2.24, 2.45) is 5.73 Å². The van der Waals surface area contributed by atoms with Gasteiger partial charge in [-0.15, -0.1) is 0 Å². The van der Waals surface area contributed by atoms with Crippen LogP contribution in [0.5, 0.6) is 0 Å². The second-order valence-corrected chi connectivity index (χ2v) is 5.34. The molecule has 0 radical (unpaired) electrons. The van der Waals surface area contributed by atoms with Gasteiger partial charge in [-0.25, -0.2) is 8.78 Å². The molecule has 0 bridgehead atoms. The van der Waals surface area contributed by atoms with Crippen LogP contribution < -0.4 is 5.73 Å². The molecule has 3 nitrogen and oxygen atoms in total. The molecular weight excluding hydrogens is 345 g/mol. The molecule has 2 N–H and O–H groups in total. The number of hydrogen-bond acceptors (Lipinski definition) is 3. The number of carbonyl (C=O) groups is 1. The molecular formula is C17H14F5NO2. The Balaban J connectivity index is 2.02. The Morgan fingerprint density at radius 2 is 1.60 bits per heavy atom. The van der Waals surface area contributed by atoms with Crippen molar-refractivity contribution >= 4 is 5.97 Å². The summed E-state index contributed by atoms with van der Waals surface area (Å²) in [6.45, 7) is -0.0386. The molecule has 0 aliphatic carbocycles. The third kappa shape index (κ3) is 4.99. The van der Waals surface area contributed by atoms with Crippen molar-refractivity contribution in [2.75, 3.05) is 0 Å². The minimum atomic E-state index is -5.15. The molecule has 0 aliphatic heterocycles. The third-order valence-electron chi connectivity index (χ3n) is 3.37. The summed E-state index contributed by atoms with van der Waals surface area (Å²) < 4.78 is 69.5. The van der Waals surface area contributed by atoms with Crippen molar-refractivity contribution in [1.29, 1.82) is 0 Å². The molecule has 25 heavy (non-hydrogen) atoms. The van der Waals surface area contributed by atoms with Crippen LogP contribution in [0.25, 0.3) is 0 Å². The monoisotopic (exact) mass is 359 g/mol. The number of esters is 1. The summed E-state index contributed by atoms with van der Waals surface area (Å²) in [5.74, 6) is -4.34. The van der Waals surface area contributed by atoms with Gasteiger partial charge in [-0.1, -0.05) is 30.3 Å². The molecule has 0 spiro atoms. The van der Waals surface area contributed by atoms with E-state index in [0.29, 0.717) is 12.1 Å². The maximum atomic E-state index is 13.5. The van der Waals surface area contributed by atoms with Crippen LogP contribution >= 0.6 is 0 Å². The zero-order valence-electron chi connectivity index (χ0n) is 12.8. The molecule has 0 fully saturated rings. The average Bonchev–Trinajstić information content (AvgIpc) is 2.51. The molecule has 0 aromatic heterocycles. The Labute approximate surface area is 140 Å². The van der Waals surface area contributed by atoms with Crippen LogP contribution in [0, 0.1) is 11.6 Å². The largest absolute Gasteiger partial charge is 0.460 e. The highest BCUT2D eigenvalue weighted by Crippen LogP contribution is 2.34. The highest BCUT2D eigenvalue weighted by atomic mass is 19.4. The Hall–Kier alpha value is -2.48. The lowest BCUT2D eigenvalue weighted by atomic mass is 10.0. The summed E-state index contributed by atoms with van der Waals surface area (Å²) >= 11 is 0. The first-order chi connectivity index (χ1) is 11.7. The van der Waals surface area contributed by atoms with E-state index in [4.69, 9.17) is 10.5 Å². The van der Waals surface area contributed by atoms with Gasteiger partial charge < -0.3 is 10.5 Å². The zero-order valence-corrected chi connectivity index (χ0v) is 12.8. The number of rotatable bonds is 5. The number of nitrogens with two attached hydrogens (primary N) is 1. The highest BCUT2D eigenvalue weighted by Gasteiger charge is 2.38. The van der Waals surface area contributed by atoms with E-state index in [1.165, 1.54) is 0 Å². The predicted molar refractivity (Wildman–Crippen MR) is 79.3 cm³/mol. The molecule has 0 amide bonds. The van der Waals surface area contributed by atoms with Gasteiger partial charge in [-0.2, -0.15) is 13.2 Å². The quantitative estimate of drug-likeness (QED) is 0.656. The van der Waals surface area contributed by atoms with Crippen LogP contribution in [0.2, 0.25) is 0 Å². The molecule has 0 unspecified atom stereocenters. The van der Waals surface area contributed by atoms with E-state index < -0.39 is 35.4 Å². The first-order valence-corrected chi connectivity index (χ1v) is 7.19. The summed E-state index contributed by atoms with van der Waals surface area (Å²) in [4.78, 5) is 11.8. The number of carbonyl (C=O) groups excluding carboxylic acids is 1. The lowest BCUT2D eigenvalue weighted by Crippen LogP contribution is -2.34. The normalized spacial score (nSPS) is 12.7. The van der Waals surface area contributed by atoms with Crippen LogP contribution in [-0.2, 0) is 28.7 Å². The van der Waals surface area contributed by atoms with Gasteiger partial charge in [-0.05, 0) is 29.7 Å². The molecule has 134 valence electrons. The summed E-state index contributed by atoms with van der Waals surface area (Å²) in [6.07, 6.45) is -5.51. The van der Waals surface area contributed by atoms with Crippen molar-refractivity contribution in [1.82, 2.24) is 0 Å². The fraction of sp³-hybridized carbons (Fsp3) is 0.235. The van der Waals surface area contributed by atoms with Crippen molar-refractivity contribution in [3.63, 3.8) is 0 Å². The SMILES string of the molecule is N[C@@H](Cc1cc(F)c(C(F)(F)F)c(F)c1)C(=O)OCc1ccccc1. The average molecular weight is 359 g/mol. The lowest BCUT2D eigenvalue weighted by molar-refractivity contribution is -0.146. The van der Waals surface area contributed by atoms with Gasteiger partial charge in [-0.3, -0.25) is 4.79 Å². The van der Waals surface area contributed by atoms with Gasteiger partial charge in [0.1, 0.15) is 29.8 Å². The van der Waals surface area contributed by atoms with Crippen LogP contribution in [0.1, 0.15) is 16.7 Å². The lowest BCUT2D eigenvalue weighted by Gasteiger charge is -2.14. The van der Waals surface area contributed by atoms with E-state index in [0.717, 1.165) is 5.56 Å². The third-order valence-corrected chi connectivity index (χ3v) is 3.37. The van der Waals surface area contributed by atoms with Crippen molar-refractivity contribution in [2.45, 2.75) is 25.2 Å². The van der Waals surface area contributed by atoms with Crippen LogP contribution in [0.3, 0.4) is 0 Å². The van der Waals surface area contributed by atoms with E-state index in [9.17, 15) is 26.7 Å². The van der Waals surface area contributed by atoms with Gasteiger partial charge >= 0.3 is 12.1 Å². The smallest absolute Gasteiger partial charge is 0.422 e. The first-order valence-electron chi connectivity index (χ1n) is 7.19. The summed E-state index contributed by atoms with van der Waals surface area (Å²) in [6, 6.07) is 8.48. The van der Waals surface area contributed by atoms with Gasteiger partial charge in [0.05, 0.1) is 0 Å². The molecule has 8 heteroatoms. The second kappa shape index (κ2) is 7.60. The minimum absolute atomic E-state index is 0.0386. The molecule has 2 aromatic rings. The van der Waals surface area contributed by atoms with Gasteiger partial charge in [0.15, 0.2) is 0 Å². The minimum Gasteiger partial charge on any atom is -0.460 e. The van der Waals surface area contributed by atoms with Gasteiger partial charge in [0.2, 0.25) is 0 Å². The number of halogens is 5. The van der Waals surface area contributed by atoms with E-state index >= 15 is 0 Å². The first kappa shape index (κ1) is 18.9. The fourth-order valence-electron chi connectivity index (χ4n) is 2.19. The topological polar surface area (TPSA) is 52.3 Å². The van der Waals surface area contributed by atoms with E-state index in [-0.39, 0.29) is 18.6 Å². The molecule has 0 aliphatic rings. The van der Waals surface area contributed by atoms with Crippen molar-refractivity contribution < 1.29 is 31.5 Å². The highest BCUT2D eigenvalue weighted by molar-refractivity contribution is 5.75. The zero-order chi connectivity index (χ0) is 18.6. The van der Waals surface area contributed by atoms with E-state index in [1.807, 2.05) is 0 Å². The predicted octanol–water partition coefficient (Wildman–Crippen LogP) is 3.60. The Morgan fingerprint density at radius 3 is 2.12 bits per heavy atom. The number of hydrogen-bond donors (Lipinski definition) is 1. The molecule has 0 heterocycles. The summed E-state index contributed by atoms with van der Waals surface area (Å²) in [5.41, 5.74) is 4.16. The Bertz CT molecular complexity index is 723. The number of ether oxygens (including phenoxy) is 1. The molecule has 1 atom stereocenters. The molecule has 2 rings (SSSR count). The Kier molecular flexibility index (Phi) is 5.73. The summed E-state index contributed by atoms with van der Waals surface area (Å²) in [7, 11) is 0. The Morgan fingerprint density at radius 1 is 1.04 bits per heavy atom. The van der Waals surface area contributed by atoms with E-state index in [2.05, 4.69) is 0 Å². The fourth-order valence-corrected chi connectivity index (χ4v) is 2.19. The number of alkyl halides is 3. The summed E-state index contributed by atoms with van der Waals surface area (Å²) in [5, 5.41) is 0. The maximum absolute atomic E-state index is 13.5. The van der Waals surface area contributed by atoms with Crippen molar-refractivity contribution in [3.8, 4) is 0 Å². The molecule has 2 aromatic carbocycles. The van der Waals surface area contributed by atoms with Gasteiger partial charge in [0.25, 0.3) is 0 Å². The second-order valence-electron chi connectivity index (χ2n) is 5.34. The molecule has 0 saturated carbocycles. The number of benzene rings is 2. The van der Waals surface area contributed by atoms with E-state index in [1.54, 1.807) is 30.3 Å². The standard InChI is InChI=1S/C17H14F5NO2/c18-12-6-11(7-13(19)15(12)17(20,21)22)8-14(23)16(24)25-9-10-4-2-1-3-5-10/h1-7,14H,8-9,23H2/t14-/m0/s1. The van der Waals surface area contributed by atoms with Gasteiger partial charge in [0, 0.05) is 0 Å². The van der Waals surface area contributed by atoms with Crippen LogP contribution in [0.4, 0.5) is 22.0 Å².